The monoisotopic (exact) mass is 323 g/mol. The fourth-order valence-corrected chi connectivity index (χ4v) is 2.75. The molecule has 0 spiro atoms. The number of benzene rings is 1. The Bertz CT molecular complexity index is 588. The molecule has 0 unspecified atom stereocenters. The normalized spacial score (nSPS) is 20.0. The molecule has 0 aromatic heterocycles. The molecule has 1 aliphatic carbocycles. The lowest BCUT2D eigenvalue weighted by atomic mass is 9.85. The minimum absolute atomic E-state index is 0.0228. The van der Waals surface area contributed by atoms with Crippen LogP contribution in [0.2, 0.25) is 0 Å². The van der Waals surface area contributed by atoms with Gasteiger partial charge in [-0.05, 0) is 50.1 Å². The number of hydrogen-bond donors (Lipinski definition) is 3. The van der Waals surface area contributed by atoms with Crippen molar-refractivity contribution < 1.29 is 19.1 Å². The second kappa shape index (κ2) is 7.41. The van der Waals surface area contributed by atoms with Crippen molar-refractivity contribution in [1.29, 1.82) is 0 Å². The van der Waals surface area contributed by atoms with Gasteiger partial charge in [0.05, 0.1) is 6.54 Å². The van der Waals surface area contributed by atoms with Crippen molar-refractivity contribution in [3.05, 3.63) is 29.6 Å². The maximum Gasteiger partial charge on any atom is 0.319 e. The highest BCUT2D eigenvalue weighted by atomic mass is 19.1. The van der Waals surface area contributed by atoms with Crippen LogP contribution in [0.1, 0.15) is 25.3 Å². The molecule has 7 heteroatoms. The topological polar surface area (TPSA) is 81.7 Å². The largest absolute Gasteiger partial charge is 0.480 e. The van der Waals surface area contributed by atoms with Crippen molar-refractivity contribution >= 4 is 17.7 Å². The van der Waals surface area contributed by atoms with E-state index in [0.29, 0.717) is 17.8 Å². The summed E-state index contributed by atoms with van der Waals surface area (Å²) >= 11 is 0. The van der Waals surface area contributed by atoms with Crippen LogP contribution in [-0.4, -0.2) is 47.2 Å². The van der Waals surface area contributed by atoms with Crippen LogP contribution in [0.15, 0.2) is 18.2 Å². The van der Waals surface area contributed by atoms with Crippen molar-refractivity contribution in [1.82, 2.24) is 10.2 Å². The molecule has 3 N–H and O–H groups in total. The van der Waals surface area contributed by atoms with Crippen LogP contribution in [0.25, 0.3) is 0 Å². The van der Waals surface area contributed by atoms with Crippen molar-refractivity contribution in [2.75, 3.05) is 18.4 Å². The van der Waals surface area contributed by atoms with Crippen LogP contribution in [0.4, 0.5) is 14.9 Å². The maximum absolute atomic E-state index is 13.2. The van der Waals surface area contributed by atoms with Gasteiger partial charge in [-0.3, -0.25) is 9.69 Å². The van der Waals surface area contributed by atoms with Gasteiger partial charge in [0.1, 0.15) is 5.82 Å². The van der Waals surface area contributed by atoms with E-state index in [9.17, 15) is 14.0 Å². The van der Waals surface area contributed by atoms with Gasteiger partial charge < -0.3 is 15.7 Å². The van der Waals surface area contributed by atoms with Crippen molar-refractivity contribution in [2.45, 2.75) is 38.8 Å². The number of aryl methyl sites for hydroxylation is 1. The number of carboxylic acids is 1. The molecule has 0 atom stereocenters. The summed E-state index contributed by atoms with van der Waals surface area (Å²) in [5.41, 5.74) is 1.01. The summed E-state index contributed by atoms with van der Waals surface area (Å²) in [6.07, 6.45) is 1.47. The number of carbonyl (C=O) groups is 2. The number of halogens is 1. The Morgan fingerprint density at radius 2 is 2.09 bits per heavy atom. The zero-order valence-electron chi connectivity index (χ0n) is 13.3. The highest BCUT2D eigenvalue weighted by molar-refractivity contribution is 5.89. The van der Waals surface area contributed by atoms with Gasteiger partial charge in [0.15, 0.2) is 0 Å². The van der Waals surface area contributed by atoms with Gasteiger partial charge in [0, 0.05) is 17.8 Å². The standard InChI is InChI=1S/C16H22FN3O3/c1-3-20(9-15(21)22)13-7-12(8-13)19-16(23)18-11-4-5-14(17)10(2)6-11/h4-6,12-13H,3,7-9H2,1-2H3,(H,21,22)(H2,18,19,23). The number of hydrogen-bond acceptors (Lipinski definition) is 3. The summed E-state index contributed by atoms with van der Waals surface area (Å²) < 4.78 is 13.2. The first kappa shape index (κ1) is 17.2. The first-order chi connectivity index (χ1) is 10.9. The molecule has 0 heterocycles. The Balaban J connectivity index is 1.77. The number of nitrogens with zero attached hydrogens (tertiary/aromatic N) is 1. The highest BCUT2D eigenvalue weighted by Gasteiger charge is 2.34. The Morgan fingerprint density at radius 3 is 2.65 bits per heavy atom. The zero-order chi connectivity index (χ0) is 17.0. The summed E-state index contributed by atoms with van der Waals surface area (Å²) in [6.45, 7) is 4.25. The van der Waals surface area contributed by atoms with E-state index in [1.165, 1.54) is 12.1 Å². The van der Waals surface area contributed by atoms with Crippen molar-refractivity contribution in [3.63, 3.8) is 0 Å². The summed E-state index contributed by atoms with van der Waals surface area (Å²) in [7, 11) is 0. The molecule has 126 valence electrons. The molecule has 0 aliphatic heterocycles. The van der Waals surface area contributed by atoms with Crippen LogP contribution in [0.3, 0.4) is 0 Å². The predicted molar refractivity (Wildman–Crippen MR) is 85.0 cm³/mol. The number of aliphatic carboxylic acids is 1. The number of nitrogens with one attached hydrogen (secondary N) is 2. The molecule has 6 nitrogen and oxygen atoms in total. The molecule has 1 aliphatic rings. The van der Waals surface area contributed by atoms with E-state index in [4.69, 9.17) is 5.11 Å². The minimum atomic E-state index is -0.840. The lowest BCUT2D eigenvalue weighted by Crippen LogP contribution is -2.55. The quantitative estimate of drug-likeness (QED) is 0.749. The first-order valence-corrected chi connectivity index (χ1v) is 7.68. The van der Waals surface area contributed by atoms with E-state index in [-0.39, 0.29) is 30.5 Å². The van der Waals surface area contributed by atoms with E-state index in [1.807, 2.05) is 11.8 Å². The molecule has 0 bridgehead atoms. The van der Waals surface area contributed by atoms with Gasteiger partial charge in [-0.25, -0.2) is 9.18 Å². The molecule has 1 aromatic rings. The van der Waals surface area contributed by atoms with Crippen LogP contribution < -0.4 is 10.6 Å². The average molecular weight is 323 g/mol. The van der Waals surface area contributed by atoms with Gasteiger partial charge in [-0.1, -0.05) is 6.92 Å². The molecule has 2 amide bonds. The number of amides is 2. The lowest BCUT2D eigenvalue weighted by molar-refractivity contribution is -0.139. The Hall–Kier alpha value is -2.15. The van der Waals surface area contributed by atoms with Crippen LogP contribution in [0, 0.1) is 12.7 Å². The van der Waals surface area contributed by atoms with Crippen LogP contribution >= 0.6 is 0 Å². The number of urea groups is 1. The molecular formula is C16H22FN3O3. The van der Waals surface area contributed by atoms with E-state index in [2.05, 4.69) is 10.6 Å². The fourth-order valence-electron chi connectivity index (χ4n) is 2.75. The number of carbonyl (C=O) groups excluding carboxylic acids is 1. The molecular weight excluding hydrogens is 301 g/mol. The van der Waals surface area contributed by atoms with Gasteiger partial charge in [0.25, 0.3) is 0 Å². The van der Waals surface area contributed by atoms with Gasteiger partial charge in [-0.15, -0.1) is 0 Å². The Labute approximate surface area is 134 Å². The second-order valence-corrected chi connectivity index (χ2v) is 5.84. The average Bonchev–Trinajstić information content (AvgIpc) is 2.44. The smallest absolute Gasteiger partial charge is 0.319 e. The van der Waals surface area contributed by atoms with Gasteiger partial charge >= 0.3 is 12.0 Å². The third kappa shape index (κ3) is 4.66. The third-order valence-electron chi connectivity index (χ3n) is 4.13. The minimum Gasteiger partial charge on any atom is -0.480 e. The second-order valence-electron chi connectivity index (χ2n) is 5.84. The van der Waals surface area contributed by atoms with Crippen LogP contribution in [-0.2, 0) is 4.79 Å². The fraction of sp³-hybridized carbons (Fsp3) is 0.500. The predicted octanol–water partition coefficient (Wildman–Crippen LogP) is 2.19. The molecule has 0 radical (unpaired) electrons. The Morgan fingerprint density at radius 1 is 1.39 bits per heavy atom. The number of carboxylic acid groups (broad SMARTS) is 1. The molecule has 1 saturated carbocycles. The number of likely N-dealkylation sites (N-methyl/N-ethyl adjacent to an activating group) is 1. The summed E-state index contributed by atoms with van der Waals surface area (Å²) in [5, 5.41) is 14.4. The number of rotatable bonds is 6. The maximum atomic E-state index is 13.2. The number of anilines is 1. The van der Waals surface area contributed by atoms with Crippen LogP contribution in [0.5, 0.6) is 0 Å². The third-order valence-corrected chi connectivity index (χ3v) is 4.13. The first-order valence-electron chi connectivity index (χ1n) is 7.68. The van der Waals surface area contributed by atoms with Crippen molar-refractivity contribution in [3.8, 4) is 0 Å². The van der Waals surface area contributed by atoms with E-state index < -0.39 is 5.97 Å². The molecule has 1 aromatic carbocycles. The molecule has 2 rings (SSSR count). The zero-order valence-corrected chi connectivity index (χ0v) is 13.3. The van der Waals surface area contributed by atoms with E-state index >= 15 is 0 Å². The summed E-state index contributed by atoms with van der Waals surface area (Å²) in [4.78, 5) is 24.6. The van der Waals surface area contributed by atoms with Crippen molar-refractivity contribution in [2.24, 2.45) is 0 Å². The summed E-state index contributed by atoms with van der Waals surface area (Å²) in [6, 6.07) is 4.29. The van der Waals surface area contributed by atoms with E-state index in [0.717, 1.165) is 12.8 Å². The molecule has 0 saturated heterocycles. The lowest BCUT2D eigenvalue weighted by Gasteiger charge is -2.42. The SMILES string of the molecule is CCN(CC(=O)O)C1CC(NC(=O)Nc2ccc(F)c(C)c2)C1. The summed E-state index contributed by atoms with van der Waals surface area (Å²) in [5.74, 6) is -1.15. The highest BCUT2D eigenvalue weighted by Crippen LogP contribution is 2.25. The van der Waals surface area contributed by atoms with E-state index in [1.54, 1.807) is 13.0 Å². The van der Waals surface area contributed by atoms with Gasteiger partial charge in [-0.2, -0.15) is 0 Å². The molecule has 1 fully saturated rings. The Kier molecular flexibility index (Phi) is 5.54. The molecule has 23 heavy (non-hydrogen) atoms. The van der Waals surface area contributed by atoms with Gasteiger partial charge in [0.2, 0.25) is 0 Å².